The summed E-state index contributed by atoms with van der Waals surface area (Å²) < 4.78 is 0. The summed E-state index contributed by atoms with van der Waals surface area (Å²) in [7, 11) is 0. The molecule has 1 saturated carbocycles. The van der Waals surface area contributed by atoms with E-state index in [0.717, 1.165) is 30.8 Å². The van der Waals surface area contributed by atoms with Gasteiger partial charge in [0, 0.05) is 12.1 Å². The molecular weight excluding hydrogens is 220 g/mol. The average molecular weight is 254 g/mol. The van der Waals surface area contributed by atoms with Crippen molar-refractivity contribution >= 4 is 0 Å². The van der Waals surface area contributed by atoms with E-state index >= 15 is 0 Å². The summed E-state index contributed by atoms with van der Waals surface area (Å²) in [6, 6.07) is 0. The third-order valence-corrected chi connectivity index (χ3v) is 5.14. The lowest BCUT2D eigenvalue weighted by Gasteiger charge is -2.43. The molecule has 1 aliphatic carbocycles. The number of hydrogen-bond acceptors (Lipinski definition) is 2. The van der Waals surface area contributed by atoms with Gasteiger partial charge >= 0.3 is 0 Å². The molecule has 0 aromatic carbocycles. The van der Waals surface area contributed by atoms with Crippen LogP contribution in [0.15, 0.2) is 0 Å². The van der Waals surface area contributed by atoms with Gasteiger partial charge in [0.05, 0.1) is 0 Å². The fourth-order valence-electron chi connectivity index (χ4n) is 3.33. The van der Waals surface area contributed by atoms with Crippen LogP contribution in [-0.4, -0.2) is 18.6 Å². The van der Waals surface area contributed by atoms with Crippen molar-refractivity contribution in [2.24, 2.45) is 23.5 Å². The minimum absolute atomic E-state index is 0.232. The highest BCUT2D eigenvalue weighted by Gasteiger charge is 2.35. The third-order valence-electron chi connectivity index (χ3n) is 5.14. The van der Waals surface area contributed by atoms with Gasteiger partial charge in [-0.25, -0.2) is 0 Å². The highest BCUT2D eigenvalue weighted by Crippen LogP contribution is 2.36. The van der Waals surface area contributed by atoms with Crippen molar-refractivity contribution in [2.75, 3.05) is 13.1 Å². The Morgan fingerprint density at radius 3 is 2.44 bits per heavy atom. The van der Waals surface area contributed by atoms with E-state index < -0.39 is 0 Å². The first kappa shape index (κ1) is 16.0. The summed E-state index contributed by atoms with van der Waals surface area (Å²) in [4.78, 5) is 0. The zero-order chi connectivity index (χ0) is 13.6. The van der Waals surface area contributed by atoms with E-state index in [-0.39, 0.29) is 5.54 Å². The topological polar surface area (TPSA) is 38.0 Å². The number of rotatable bonds is 7. The molecule has 2 unspecified atom stereocenters. The van der Waals surface area contributed by atoms with Gasteiger partial charge in [0.25, 0.3) is 0 Å². The van der Waals surface area contributed by atoms with Crippen LogP contribution in [0.3, 0.4) is 0 Å². The van der Waals surface area contributed by atoms with E-state index in [9.17, 15) is 0 Å². The van der Waals surface area contributed by atoms with Crippen molar-refractivity contribution in [3.63, 3.8) is 0 Å². The largest absolute Gasteiger partial charge is 0.329 e. The second-order valence-electron chi connectivity index (χ2n) is 6.65. The lowest BCUT2D eigenvalue weighted by Crippen LogP contribution is -2.55. The highest BCUT2D eigenvalue weighted by atomic mass is 15.0. The second-order valence-corrected chi connectivity index (χ2v) is 6.65. The van der Waals surface area contributed by atoms with Crippen LogP contribution in [0.4, 0.5) is 0 Å². The highest BCUT2D eigenvalue weighted by molar-refractivity contribution is 4.95. The first-order valence-electron chi connectivity index (χ1n) is 8.02. The molecule has 0 amide bonds. The molecule has 2 atom stereocenters. The Hall–Kier alpha value is -0.0800. The van der Waals surface area contributed by atoms with E-state index in [1.807, 2.05) is 0 Å². The smallest absolute Gasteiger partial charge is 0.0306 e. The summed E-state index contributed by atoms with van der Waals surface area (Å²) in [6.07, 6.45) is 7.84. The van der Waals surface area contributed by atoms with E-state index in [1.165, 1.54) is 38.5 Å². The standard InChI is InChI=1S/C16H34N2/c1-5-14(6-2)11-18-16(12-17)9-7-8-15(10-16)13(3)4/h13-15,18H,5-12,17H2,1-4H3. The van der Waals surface area contributed by atoms with E-state index in [2.05, 4.69) is 33.0 Å². The summed E-state index contributed by atoms with van der Waals surface area (Å²) in [5, 5.41) is 3.85. The van der Waals surface area contributed by atoms with Gasteiger partial charge in [-0.05, 0) is 37.1 Å². The van der Waals surface area contributed by atoms with Gasteiger partial charge in [-0.1, -0.05) is 53.4 Å². The maximum Gasteiger partial charge on any atom is 0.0306 e. The van der Waals surface area contributed by atoms with Crippen molar-refractivity contribution < 1.29 is 0 Å². The van der Waals surface area contributed by atoms with Crippen LogP contribution in [0.25, 0.3) is 0 Å². The summed E-state index contributed by atoms with van der Waals surface area (Å²) >= 11 is 0. The normalized spacial score (nSPS) is 29.2. The first-order chi connectivity index (χ1) is 8.56. The number of nitrogens with two attached hydrogens (primary N) is 1. The van der Waals surface area contributed by atoms with Crippen molar-refractivity contribution in [3.8, 4) is 0 Å². The molecule has 0 radical (unpaired) electrons. The van der Waals surface area contributed by atoms with Crippen molar-refractivity contribution in [2.45, 2.75) is 71.8 Å². The lowest BCUT2D eigenvalue weighted by atomic mass is 9.71. The average Bonchev–Trinajstić information content (AvgIpc) is 2.40. The van der Waals surface area contributed by atoms with Gasteiger partial charge < -0.3 is 11.1 Å². The molecule has 2 heteroatoms. The predicted molar refractivity (Wildman–Crippen MR) is 80.7 cm³/mol. The molecule has 0 aromatic heterocycles. The maximum atomic E-state index is 6.11. The molecule has 1 fully saturated rings. The van der Waals surface area contributed by atoms with Crippen LogP contribution in [0.1, 0.15) is 66.2 Å². The fourth-order valence-corrected chi connectivity index (χ4v) is 3.33. The Bertz CT molecular complexity index is 223. The van der Waals surface area contributed by atoms with E-state index in [0.29, 0.717) is 0 Å². The van der Waals surface area contributed by atoms with Crippen LogP contribution in [0, 0.1) is 17.8 Å². The summed E-state index contributed by atoms with van der Waals surface area (Å²) in [5.41, 5.74) is 6.34. The van der Waals surface area contributed by atoms with E-state index in [1.54, 1.807) is 0 Å². The molecule has 2 nitrogen and oxygen atoms in total. The molecule has 0 heterocycles. The zero-order valence-electron chi connectivity index (χ0n) is 13.0. The van der Waals surface area contributed by atoms with E-state index in [4.69, 9.17) is 5.73 Å². The molecule has 0 aromatic rings. The molecule has 0 saturated heterocycles. The SMILES string of the molecule is CCC(CC)CNC1(CN)CCCC(C(C)C)C1. The Kier molecular flexibility index (Phi) is 6.65. The van der Waals surface area contributed by atoms with Crippen LogP contribution in [0.2, 0.25) is 0 Å². The Balaban J connectivity index is 2.55. The third kappa shape index (κ3) is 4.24. The van der Waals surface area contributed by atoms with Crippen molar-refractivity contribution in [3.05, 3.63) is 0 Å². The van der Waals surface area contributed by atoms with Crippen LogP contribution in [-0.2, 0) is 0 Å². The van der Waals surface area contributed by atoms with Crippen LogP contribution >= 0.6 is 0 Å². The number of nitrogens with one attached hydrogen (secondary N) is 1. The molecule has 108 valence electrons. The zero-order valence-corrected chi connectivity index (χ0v) is 13.0. The molecule has 1 rings (SSSR count). The molecule has 3 N–H and O–H groups in total. The summed E-state index contributed by atoms with van der Waals surface area (Å²) in [6.45, 7) is 11.3. The molecular formula is C16H34N2. The minimum Gasteiger partial charge on any atom is -0.329 e. The minimum atomic E-state index is 0.232. The molecule has 1 aliphatic rings. The van der Waals surface area contributed by atoms with Gasteiger partial charge in [-0.3, -0.25) is 0 Å². The van der Waals surface area contributed by atoms with Crippen molar-refractivity contribution in [1.82, 2.24) is 5.32 Å². The first-order valence-corrected chi connectivity index (χ1v) is 8.02. The van der Waals surface area contributed by atoms with Gasteiger partial charge in [0.1, 0.15) is 0 Å². The van der Waals surface area contributed by atoms with Gasteiger partial charge in [-0.2, -0.15) is 0 Å². The lowest BCUT2D eigenvalue weighted by molar-refractivity contribution is 0.147. The molecule has 18 heavy (non-hydrogen) atoms. The van der Waals surface area contributed by atoms with Gasteiger partial charge in [0.2, 0.25) is 0 Å². The fraction of sp³-hybridized carbons (Fsp3) is 1.00. The predicted octanol–water partition coefficient (Wildman–Crippen LogP) is 3.56. The maximum absolute atomic E-state index is 6.11. The Labute approximate surface area is 114 Å². The van der Waals surface area contributed by atoms with Crippen LogP contribution < -0.4 is 11.1 Å². The molecule has 0 bridgehead atoms. The summed E-state index contributed by atoms with van der Waals surface area (Å²) in [5.74, 6) is 2.47. The van der Waals surface area contributed by atoms with Gasteiger partial charge in [0.15, 0.2) is 0 Å². The van der Waals surface area contributed by atoms with Crippen molar-refractivity contribution in [1.29, 1.82) is 0 Å². The second kappa shape index (κ2) is 7.49. The molecule has 0 aliphatic heterocycles. The number of hydrogen-bond donors (Lipinski definition) is 2. The molecule has 0 spiro atoms. The monoisotopic (exact) mass is 254 g/mol. The van der Waals surface area contributed by atoms with Crippen LogP contribution in [0.5, 0.6) is 0 Å². The Morgan fingerprint density at radius 1 is 1.28 bits per heavy atom. The van der Waals surface area contributed by atoms with Gasteiger partial charge in [-0.15, -0.1) is 0 Å². The quantitative estimate of drug-likeness (QED) is 0.729. The Morgan fingerprint density at radius 2 is 1.94 bits per heavy atom.